The van der Waals surface area contributed by atoms with Crippen LogP contribution in [0.1, 0.15) is 51.2 Å². The van der Waals surface area contributed by atoms with Crippen LogP contribution in [0.5, 0.6) is 11.8 Å². The number of aryl methyl sites for hydroxylation is 1. The maximum atomic E-state index is 12.5. The molecule has 1 amide bonds. The van der Waals surface area contributed by atoms with Crippen molar-refractivity contribution in [1.82, 2.24) is 24.6 Å². The Morgan fingerprint density at radius 1 is 0.774 bits per heavy atom. The number of piperazine rings is 1. The number of fused-ring (bicyclic) bond motifs is 1. The van der Waals surface area contributed by atoms with E-state index in [0.717, 1.165) is 91.9 Å². The quantitative estimate of drug-likeness (QED) is 0.136. The number of benzene rings is 3. The molecule has 0 spiro atoms. The van der Waals surface area contributed by atoms with Gasteiger partial charge in [0.05, 0.1) is 16.8 Å². The summed E-state index contributed by atoms with van der Waals surface area (Å²) in [5.41, 5.74) is 5.68. The first-order valence-electron chi connectivity index (χ1n) is 19.0. The van der Waals surface area contributed by atoms with Crippen LogP contribution < -0.4 is 14.4 Å². The number of aromatic nitrogens is 3. The van der Waals surface area contributed by atoms with Crippen molar-refractivity contribution in [3.05, 3.63) is 102 Å². The zero-order valence-corrected chi connectivity index (χ0v) is 31.5. The van der Waals surface area contributed by atoms with E-state index < -0.39 is 5.60 Å². The van der Waals surface area contributed by atoms with Crippen molar-refractivity contribution < 1.29 is 19.0 Å². The van der Waals surface area contributed by atoms with Gasteiger partial charge in [0.25, 0.3) is 0 Å². The maximum Gasteiger partial charge on any atom is 0.410 e. The van der Waals surface area contributed by atoms with E-state index in [1.807, 2.05) is 98.1 Å². The molecule has 2 aliphatic heterocycles. The number of carbonyl (C=O) groups is 1. The van der Waals surface area contributed by atoms with Gasteiger partial charge in [-0.05, 0) is 75.8 Å². The van der Waals surface area contributed by atoms with Gasteiger partial charge in [-0.1, -0.05) is 72.8 Å². The van der Waals surface area contributed by atoms with Gasteiger partial charge in [0.2, 0.25) is 11.8 Å². The number of ether oxygens (including phenoxy) is 3. The molecule has 2 aromatic heterocycles. The predicted octanol–water partition coefficient (Wildman–Crippen LogP) is 7.95. The Bertz CT molecular complexity index is 1960. The van der Waals surface area contributed by atoms with Gasteiger partial charge in [-0.25, -0.2) is 4.79 Å². The normalized spacial score (nSPS) is 15.8. The highest BCUT2D eigenvalue weighted by atomic mass is 16.6. The number of amides is 1. The van der Waals surface area contributed by atoms with Gasteiger partial charge in [0, 0.05) is 57.8 Å². The fourth-order valence-electron chi connectivity index (χ4n) is 7.33. The number of rotatable bonds is 11. The number of hydrogen-bond donors (Lipinski definition) is 0. The van der Waals surface area contributed by atoms with Gasteiger partial charge >= 0.3 is 6.09 Å². The Hall–Kier alpha value is -5.09. The molecule has 0 saturated carbocycles. The number of anilines is 1. The summed E-state index contributed by atoms with van der Waals surface area (Å²) in [6.45, 7) is 12.9. The van der Waals surface area contributed by atoms with Crippen molar-refractivity contribution in [3.8, 4) is 23.0 Å². The Morgan fingerprint density at radius 2 is 1.43 bits per heavy atom. The second-order valence-corrected chi connectivity index (χ2v) is 15.2. The molecule has 0 atom stereocenters. The molecule has 0 radical (unpaired) electrons. The Labute approximate surface area is 313 Å². The summed E-state index contributed by atoms with van der Waals surface area (Å²) >= 11 is 0. The lowest BCUT2D eigenvalue weighted by atomic mass is 9.92. The SMILES string of the molecule is Cn1nc(-c2ccc(OCc3ccccc3)nc2OCc2ccccc2)c2cccc(N3CCC(CCN4CCN(C(=O)OC(C)(C)C)CC4)CC3)c21. The largest absolute Gasteiger partial charge is 0.473 e. The van der Waals surface area contributed by atoms with Crippen molar-refractivity contribution in [2.75, 3.05) is 50.7 Å². The van der Waals surface area contributed by atoms with Gasteiger partial charge in [0.1, 0.15) is 24.5 Å². The van der Waals surface area contributed by atoms with Crippen molar-refractivity contribution >= 4 is 22.7 Å². The molecule has 10 nitrogen and oxygen atoms in total. The average molecular weight is 717 g/mol. The van der Waals surface area contributed by atoms with Crippen LogP contribution in [0, 0.1) is 5.92 Å². The molecule has 4 heterocycles. The minimum Gasteiger partial charge on any atom is -0.473 e. The first kappa shape index (κ1) is 36.3. The molecule has 2 fully saturated rings. The van der Waals surface area contributed by atoms with Crippen LogP contribution in [0.2, 0.25) is 0 Å². The molecule has 53 heavy (non-hydrogen) atoms. The zero-order chi connectivity index (χ0) is 36.8. The van der Waals surface area contributed by atoms with Crippen LogP contribution in [0.15, 0.2) is 91.0 Å². The zero-order valence-electron chi connectivity index (χ0n) is 31.5. The first-order valence-corrected chi connectivity index (χ1v) is 19.0. The topological polar surface area (TPSA) is 85.2 Å². The molecule has 0 N–H and O–H groups in total. The highest BCUT2D eigenvalue weighted by Crippen LogP contribution is 2.39. The number of para-hydroxylation sites is 1. The highest BCUT2D eigenvalue weighted by Gasteiger charge is 2.28. The summed E-state index contributed by atoms with van der Waals surface area (Å²) in [6.07, 6.45) is 3.30. The molecule has 10 heteroatoms. The van der Waals surface area contributed by atoms with Gasteiger partial charge in [-0.15, -0.1) is 0 Å². The molecule has 0 aliphatic carbocycles. The lowest BCUT2D eigenvalue weighted by Crippen LogP contribution is -2.50. The van der Waals surface area contributed by atoms with Crippen LogP contribution in [-0.2, 0) is 25.0 Å². The van der Waals surface area contributed by atoms with Crippen LogP contribution in [-0.4, -0.2) is 82.1 Å². The third-order valence-corrected chi connectivity index (χ3v) is 10.2. The molecule has 2 aliphatic rings. The van der Waals surface area contributed by atoms with Crippen molar-refractivity contribution in [2.45, 2.75) is 58.8 Å². The third-order valence-electron chi connectivity index (χ3n) is 10.2. The van der Waals surface area contributed by atoms with E-state index >= 15 is 0 Å². The number of hydrogen-bond acceptors (Lipinski definition) is 8. The summed E-state index contributed by atoms with van der Waals surface area (Å²) < 4.78 is 20.1. The van der Waals surface area contributed by atoms with E-state index in [1.54, 1.807) is 0 Å². The minimum absolute atomic E-state index is 0.198. The summed E-state index contributed by atoms with van der Waals surface area (Å²) in [7, 11) is 2.03. The van der Waals surface area contributed by atoms with Gasteiger partial charge < -0.3 is 24.0 Å². The van der Waals surface area contributed by atoms with E-state index in [1.165, 1.54) is 12.1 Å². The van der Waals surface area contributed by atoms with Crippen LogP contribution in [0.4, 0.5) is 10.5 Å². The second kappa shape index (κ2) is 16.3. The molecule has 0 unspecified atom stereocenters. The number of pyridine rings is 1. The summed E-state index contributed by atoms with van der Waals surface area (Å²) in [5, 5.41) is 6.15. The van der Waals surface area contributed by atoms with Crippen molar-refractivity contribution in [1.29, 1.82) is 0 Å². The number of carbonyl (C=O) groups excluding carboxylic acids is 1. The van der Waals surface area contributed by atoms with E-state index in [0.29, 0.717) is 30.9 Å². The molecule has 5 aromatic rings. The number of piperidine rings is 1. The smallest absolute Gasteiger partial charge is 0.410 e. The van der Waals surface area contributed by atoms with Crippen molar-refractivity contribution in [3.63, 3.8) is 0 Å². The van der Waals surface area contributed by atoms with Crippen molar-refractivity contribution in [2.24, 2.45) is 13.0 Å². The molecule has 7 rings (SSSR count). The van der Waals surface area contributed by atoms with E-state index in [-0.39, 0.29) is 6.09 Å². The molecule has 278 valence electrons. The third kappa shape index (κ3) is 9.11. The maximum absolute atomic E-state index is 12.5. The summed E-state index contributed by atoms with van der Waals surface area (Å²) in [6, 6.07) is 30.7. The Morgan fingerprint density at radius 3 is 2.09 bits per heavy atom. The molecular formula is C43H52N6O4. The second-order valence-electron chi connectivity index (χ2n) is 15.2. The Kier molecular flexibility index (Phi) is 11.1. The van der Waals surface area contributed by atoms with Crippen LogP contribution in [0.3, 0.4) is 0 Å². The fraction of sp³-hybridized carbons (Fsp3) is 0.419. The molecule has 3 aromatic carbocycles. The standard InChI is InChI=1S/C43H52N6O4/c1-43(2,3)53-42(50)49-28-26-47(27-29-49)23-20-32-21-24-48(25-22-32)37-17-11-16-35-39(45-46(4)40(35)37)36-18-19-38(51-30-33-12-7-5-8-13-33)44-41(36)52-31-34-14-9-6-10-15-34/h5-19,32H,20-31H2,1-4H3. The molecular weight excluding hydrogens is 665 g/mol. The molecule has 2 saturated heterocycles. The molecule has 0 bridgehead atoms. The summed E-state index contributed by atoms with van der Waals surface area (Å²) in [4.78, 5) is 24.2. The van der Waals surface area contributed by atoms with Gasteiger partial charge in [-0.3, -0.25) is 9.58 Å². The highest BCUT2D eigenvalue weighted by molar-refractivity contribution is 6.01. The summed E-state index contributed by atoms with van der Waals surface area (Å²) in [5.74, 6) is 1.69. The van der Waals surface area contributed by atoms with E-state index in [2.05, 4.69) is 40.1 Å². The lowest BCUT2D eigenvalue weighted by Gasteiger charge is -2.37. The van der Waals surface area contributed by atoms with Crippen LogP contribution in [0.25, 0.3) is 22.2 Å². The monoisotopic (exact) mass is 716 g/mol. The Balaban J connectivity index is 1.02. The lowest BCUT2D eigenvalue weighted by molar-refractivity contribution is 0.0140. The average Bonchev–Trinajstić information content (AvgIpc) is 3.52. The van der Waals surface area contributed by atoms with E-state index in [4.69, 9.17) is 24.3 Å². The fourth-order valence-corrected chi connectivity index (χ4v) is 7.33. The minimum atomic E-state index is -0.461. The van der Waals surface area contributed by atoms with Gasteiger partial charge in [0.15, 0.2) is 0 Å². The van der Waals surface area contributed by atoms with Gasteiger partial charge in [-0.2, -0.15) is 10.1 Å². The predicted molar refractivity (Wildman–Crippen MR) is 209 cm³/mol. The van der Waals surface area contributed by atoms with Crippen LogP contribution >= 0.6 is 0 Å². The number of nitrogens with zero attached hydrogens (tertiary/aromatic N) is 6. The first-order chi connectivity index (χ1) is 25.7. The van der Waals surface area contributed by atoms with E-state index in [9.17, 15) is 4.79 Å².